The van der Waals surface area contributed by atoms with E-state index in [0.29, 0.717) is 29.2 Å². The summed E-state index contributed by atoms with van der Waals surface area (Å²) in [4.78, 5) is 15.8. The van der Waals surface area contributed by atoms with E-state index in [1.54, 1.807) is 25.3 Å². The van der Waals surface area contributed by atoms with Crippen LogP contribution in [0.2, 0.25) is 5.02 Å². The van der Waals surface area contributed by atoms with Crippen LogP contribution in [-0.4, -0.2) is 44.8 Å². The highest BCUT2D eigenvalue weighted by Gasteiger charge is 2.12. The number of tetrazole rings is 1. The fourth-order valence-corrected chi connectivity index (χ4v) is 3.21. The van der Waals surface area contributed by atoms with Crippen molar-refractivity contribution in [2.45, 2.75) is 6.42 Å². The Labute approximate surface area is 165 Å². The maximum absolute atomic E-state index is 12.5. The van der Waals surface area contributed by atoms with E-state index in [1.165, 1.54) is 11.0 Å². The van der Waals surface area contributed by atoms with Crippen molar-refractivity contribution >= 4 is 28.4 Å². The molecule has 4 aromatic rings. The van der Waals surface area contributed by atoms with Crippen LogP contribution in [0.5, 0.6) is 5.75 Å². The summed E-state index contributed by atoms with van der Waals surface area (Å²) in [6.07, 6.45) is 4.06. The third kappa shape index (κ3) is 3.54. The fraction of sp³-hybridized carbons (Fsp3) is 0.158. The Kier molecular flexibility index (Phi) is 4.94. The van der Waals surface area contributed by atoms with Crippen LogP contribution in [0.15, 0.2) is 48.9 Å². The van der Waals surface area contributed by atoms with Crippen LogP contribution in [0.1, 0.15) is 15.9 Å². The molecule has 0 aliphatic heterocycles. The number of fused-ring (bicyclic) bond motifs is 1. The first-order chi connectivity index (χ1) is 13.7. The van der Waals surface area contributed by atoms with Gasteiger partial charge in [-0.05, 0) is 58.8 Å². The third-order valence-electron chi connectivity index (χ3n) is 4.46. The first-order valence-corrected chi connectivity index (χ1v) is 8.98. The van der Waals surface area contributed by atoms with Gasteiger partial charge in [0.25, 0.3) is 5.91 Å². The molecule has 2 aromatic heterocycles. The summed E-state index contributed by atoms with van der Waals surface area (Å²) in [5, 5.41) is 15.5. The second-order valence-corrected chi connectivity index (χ2v) is 6.56. The molecule has 142 valence electrons. The van der Waals surface area contributed by atoms with Gasteiger partial charge in [-0.3, -0.25) is 4.79 Å². The summed E-state index contributed by atoms with van der Waals surface area (Å²) in [6.45, 7) is 0.492. The highest BCUT2D eigenvalue weighted by molar-refractivity contribution is 6.32. The van der Waals surface area contributed by atoms with Crippen LogP contribution in [0.3, 0.4) is 0 Å². The molecule has 0 saturated carbocycles. The molecule has 0 saturated heterocycles. The van der Waals surface area contributed by atoms with E-state index in [-0.39, 0.29) is 5.91 Å². The number of carbonyl (C=O) groups is 1. The minimum Gasteiger partial charge on any atom is -0.497 e. The van der Waals surface area contributed by atoms with Gasteiger partial charge in [0.05, 0.1) is 17.8 Å². The lowest BCUT2D eigenvalue weighted by Crippen LogP contribution is -2.25. The van der Waals surface area contributed by atoms with Crippen LogP contribution < -0.4 is 10.1 Å². The molecule has 2 N–H and O–H groups in total. The second-order valence-electron chi connectivity index (χ2n) is 6.15. The summed E-state index contributed by atoms with van der Waals surface area (Å²) in [5.74, 6) is 0.608. The zero-order chi connectivity index (χ0) is 19.5. The molecule has 1 amide bonds. The lowest BCUT2D eigenvalue weighted by atomic mass is 10.1. The van der Waals surface area contributed by atoms with E-state index in [4.69, 9.17) is 16.3 Å². The molecule has 2 heterocycles. The number of nitrogens with zero attached hydrogens (tertiary/aromatic N) is 4. The van der Waals surface area contributed by atoms with E-state index in [1.807, 2.05) is 24.4 Å². The average Bonchev–Trinajstić information content (AvgIpc) is 3.38. The van der Waals surface area contributed by atoms with Crippen LogP contribution in [-0.2, 0) is 6.42 Å². The number of aromatic amines is 1. The second kappa shape index (κ2) is 7.69. The Morgan fingerprint density at radius 3 is 2.96 bits per heavy atom. The Morgan fingerprint density at radius 2 is 2.18 bits per heavy atom. The monoisotopic (exact) mass is 396 g/mol. The standard InChI is InChI=1S/C19H17ClN6O2/c1-28-14-3-5-17-15(9-14)13(10-22-17)6-7-21-19(27)12-2-4-16(20)18(8-12)26-11-23-24-25-26/h2-5,8-11,22H,6-7H2,1H3,(H,21,27). The number of amides is 1. The Bertz CT molecular complexity index is 1120. The number of benzene rings is 2. The average molecular weight is 397 g/mol. The normalized spacial score (nSPS) is 10.9. The minimum absolute atomic E-state index is 0.191. The molecule has 9 heteroatoms. The maximum atomic E-state index is 12.5. The molecule has 0 fully saturated rings. The molecule has 2 aromatic carbocycles. The van der Waals surface area contributed by atoms with Gasteiger partial charge < -0.3 is 15.0 Å². The van der Waals surface area contributed by atoms with E-state index >= 15 is 0 Å². The largest absolute Gasteiger partial charge is 0.497 e. The minimum atomic E-state index is -0.191. The van der Waals surface area contributed by atoms with Gasteiger partial charge in [0, 0.05) is 29.2 Å². The Balaban J connectivity index is 1.45. The summed E-state index contributed by atoms with van der Waals surface area (Å²) in [6, 6.07) is 10.9. The number of rotatable bonds is 6. The number of carbonyl (C=O) groups excluding carboxylic acids is 1. The number of halogens is 1. The highest BCUT2D eigenvalue weighted by atomic mass is 35.5. The molecule has 0 bridgehead atoms. The molecular formula is C19H17ClN6O2. The summed E-state index contributed by atoms with van der Waals surface area (Å²) in [5.41, 5.74) is 3.17. The van der Waals surface area contributed by atoms with Crippen molar-refractivity contribution in [3.8, 4) is 11.4 Å². The van der Waals surface area contributed by atoms with Gasteiger partial charge in [0.2, 0.25) is 0 Å². The van der Waals surface area contributed by atoms with E-state index in [9.17, 15) is 4.79 Å². The Hall–Kier alpha value is -3.39. The first kappa shape index (κ1) is 18.0. The smallest absolute Gasteiger partial charge is 0.251 e. The van der Waals surface area contributed by atoms with Gasteiger partial charge in [0.1, 0.15) is 12.1 Å². The molecule has 0 unspecified atom stereocenters. The zero-order valence-electron chi connectivity index (χ0n) is 15.0. The predicted molar refractivity (Wildman–Crippen MR) is 105 cm³/mol. The highest BCUT2D eigenvalue weighted by Crippen LogP contribution is 2.24. The van der Waals surface area contributed by atoms with Crippen molar-refractivity contribution in [3.63, 3.8) is 0 Å². The van der Waals surface area contributed by atoms with Gasteiger partial charge in [-0.25, -0.2) is 0 Å². The Morgan fingerprint density at radius 1 is 1.29 bits per heavy atom. The third-order valence-corrected chi connectivity index (χ3v) is 4.78. The molecule has 0 aliphatic carbocycles. The number of H-pyrrole nitrogens is 1. The number of hydrogen-bond donors (Lipinski definition) is 2. The molecule has 8 nitrogen and oxygen atoms in total. The van der Waals surface area contributed by atoms with Crippen LogP contribution in [0.25, 0.3) is 16.6 Å². The molecule has 0 spiro atoms. The summed E-state index contributed by atoms with van der Waals surface area (Å²) < 4.78 is 6.70. The van der Waals surface area contributed by atoms with Crippen LogP contribution in [0.4, 0.5) is 0 Å². The molecular weight excluding hydrogens is 380 g/mol. The zero-order valence-corrected chi connectivity index (χ0v) is 15.8. The SMILES string of the molecule is COc1ccc2[nH]cc(CCNC(=O)c3ccc(Cl)c(-n4cnnn4)c3)c2c1. The van der Waals surface area contributed by atoms with Crippen molar-refractivity contribution < 1.29 is 9.53 Å². The summed E-state index contributed by atoms with van der Waals surface area (Å²) >= 11 is 6.18. The molecule has 4 rings (SSSR count). The quantitative estimate of drug-likeness (QED) is 0.522. The fourth-order valence-electron chi connectivity index (χ4n) is 3.01. The number of aromatic nitrogens is 5. The topological polar surface area (TPSA) is 97.7 Å². The molecule has 0 radical (unpaired) electrons. The lowest BCUT2D eigenvalue weighted by molar-refractivity contribution is 0.0954. The van der Waals surface area contributed by atoms with Gasteiger partial charge in [-0.1, -0.05) is 11.6 Å². The predicted octanol–water partition coefficient (Wildman–Crippen LogP) is 2.78. The van der Waals surface area contributed by atoms with Gasteiger partial charge in [-0.2, -0.15) is 4.68 Å². The summed E-state index contributed by atoms with van der Waals surface area (Å²) in [7, 11) is 1.64. The molecule has 28 heavy (non-hydrogen) atoms. The van der Waals surface area contributed by atoms with Crippen molar-refractivity contribution in [1.29, 1.82) is 0 Å². The van der Waals surface area contributed by atoms with Crippen LogP contribution in [0, 0.1) is 0 Å². The van der Waals surface area contributed by atoms with E-state index in [2.05, 4.69) is 25.8 Å². The molecule has 0 atom stereocenters. The van der Waals surface area contributed by atoms with Crippen molar-refractivity contribution in [3.05, 3.63) is 65.1 Å². The number of ether oxygens (including phenoxy) is 1. The van der Waals surface area contributed by atoms with Gasteiger partial charge in [-0.15, -0.1) is 5.10 Å². The van der Waals surface area contributed by atoms with Crippen LogP contribution >= 0.6 is 11.6 Å². The van der Waals surface area contributed by atoms with Gasteiger partial charge in [0.15, 0.2) is 0 Å². The maximum Gasteiger partial charge on any atom is 0.251 e. The van der Waals surface area contributed by atoms with E-state index < -0.39 is 0 Å². The number of hydrogen-bond acceptors (Lipinski definition) is 5. The van der Waals surface area contributed by atoms with Crippen molar-refractivity contribution in [2.75, 3.05) is 13.7 Å². The van der Waals surface area contributed by atoms with Gasteiger partial charge >= 0.3 is 0 Å². The van der Waals surface area contributed by atoms with Crippen molar-refractivity contribution in [1.82, 2.24) is 30.5 Å². The lowest BCUT2D eigenvalue weighted by Gasteiger charge is -2.08. The number of methoxy groups -OCH3 is 1. The number of nitrogens with one attached hydrogen (secondary N) is 2. The van der Waals surface area contributed by atoms with Crippen molar-refractivity contribution in [2.24, 2.45) is 0 Å². The molecule has 0 aliphatic rings. The first-order valence-electron chi connectivity index (χ1n) is 8.61. The van der Waals surface area contributed by atoms with E-state index in [0.717, 1.165) is 22.2 Å².